The number of hydrogen-bond acceptors (Lipinski definition) is 3. The normalized spacial score (nSPS) is 21.7. The third kappa shape index (κ3) is 4.64. The van der Waals surface area contributed by atoms with Crippen LogP contribution in [0.4, 0.5) is 0 Å². The number of piperidine rings is 1. The lowest BCUT2D eigenvalue weighted by Gasteiger charge is -2.36. The van der Waals surface area contributed by atoms with Crippen LogP contribution >= 0.6 is 0 Å². The van der Waals surface area contributed by atoms with Crippen LogP contribution in [0, 0.1) is 0 Å². The van der Waals surface area contributed by atoms with Crippen molar-refractivity contribution in [3.8, 4) is 0 Å². The van der Waals surface area contributed by atoms with E-state index in [1.54, 1.807) is 0 Å². The summed E-state index contributed by atoms with van der Waals surface area (Å²) in [5.74, 6) is -0.710. The molecule has 1 rings (SSSR count). The minimum absolute atomic E-state index is 0.0828. The molecule has 5 heteroatoms. The summed E-state index contributed by atoms with van der Waals surface area (Å²) in [5.41, 5.74) is 5.81. The molecule has 18 heavy (non-hydrogen) atoms. The van der Waals surface area contributed by atoms with Gasteiger partial charge in [-0.1, -0.05) is 6.92 Å². The molecule has 1 saturated heterocycles. The molecule has 1 amide bonds. The number of carbonyl (C=O) groups excluding carboxylic acids is 1. The van der Waals surface area contributed by atoms with Crippen LogP contribution in [-0.2, 0) is 9.59 Å². The highest BCUT2D eigenvalue weighted by molar-refractivity contribution is 5.77. The van der Waals surface area contributed by atoms with Crippen molar-refractivity contribution in [3.05, 3.63) is 0 Å². The van der Waals surface area contributed by atoms with Crippen molar-refractivity contribution in [3.63, 3.8) is 0 Å². The highest BCUT2D eigenvalue weighted by Crippen LogP contribution is 2.22. The summed E-state index contributed by atoms with van der Waals surface area (Å²) in [7, 11) is 0. The number of carboxylic acids is 1. The summed E-state index contributed by atoms with van der Waals surface area (Å²) < 4.78 is 0. The van der Waals surface area contributed by atoms with E-state index in [9.17, 15) is 9.59 Å². The fourth-order valence-electron chi connectivity index (χ4n) is 2.41. The molecule has 0 spiro atoms. The van der Waals surface area contributed by atoms with Crippen molar-refractivity contribution in [2.75, 3.05) is 6.54 Å². The van der Waals surface area contributed by atoms with E-state index in [-0.39, 0.29) is 24.4 Å². The SMILES string of the molecule is CCC(N)CC(=O)N1CCCCC1CCC(=O)O. The first-order chi connectivity index (χ1) is 8.54. The molecule has 0 bridgehead atoms. The fourth-order valence-corrected chi connectivity index (χ4v) is 2.41. The van der Waals surface area contributed by atoms with Gasteiger partial charge in [-0.3, -0.25) is 9.59 Å². The van der Waals surface area contributed by atoms with E-state index >= 15 is 0 Å². The molecular weight excluding hydrogens is 232 g/mol. The molecule has 2 unspecified atom stereocenters. The molecule has 2 atom stereocenters. The Hall–Kier alpha value is -1.10. The minimum Gasteiger partial charge on any atom is -0.481 e. The highest BCUT2D eigenvalue weighted by Gasteiger charge is 2.27. The summed E-state index contributed by atoms with van der Waals surface area (Å²) in [4.78, 5) is 24.6. The predicted molar refractivity (Wildman–Crippen MR) is 69.1 cm³/mol. The lowest BCUT2D eigenvalue weighted by molar-refractivity contribution is -0.140. The van der Waals surface area contributed by atoms with E-state index in [1.807, 2.05) is 11.8 Å². The number of rotatable bonds is 6. The van der Waals surface area contributed by atoms with Gasteiger partial charge in [0.2, 0.25) is 5.91 Å². The number of carboxylic acid groups (broad SMARTS) is 1. The fraction of sp³-hybridized carbons (Fsp3) is 0.846. The van der Waals surface area contributed by atoms with Crippen molar-refractivity contribution in [1.82, 2.24) is 4.90 Å². The second-order valence-electron chi connectivity index (χ2n) is 5.04. The van der Waals surface area contributed by atoms with Gasteiger partial charge >= 0.3 is 5.97 Å². The zero-order valence-corrected chi connectivity index (χ0v) is 11.1. The Morgan fingerprint density at radius 3 is 2.78 bits per heavy atom. The van der Waals surface area contributed by atoms with Gasteiger partial charge in [-0.15, -0.1) is 0 Å². The van der Waals surface area contributed by atoms with Crippen LogP contribution in [0.15, 0.2) is 0 Å². The van der Waals surface area contributed by atoms with E-state index < -0.39 is 5.97 Å². The molecule has 0 aromatic heterocycles. The summed E-state index contributed by atoms with van der Waals surface area (Å²) in [6, 6.07) is 0.00552. The van der Waals surface area contributed by atoms with Gasteiger partial charge in [0.25, 0.3) is 0 Å². The van der Waals surface area contributed by atoms with Gasteiger partial charge in [0.05, 0.1) is 0 Å². The van der Waals surface area contributed by atoms with Gasteiger partial charge < -0.3 is 15.7 Å². The Bertz CT molecular complexity index is 294. The quantitative estimate of drug-likeness (QED) is 0.751. The zero-order valence-electron chi connectivity index (χ0n) is 11.1. The first-order valence-corrected chi connectivity index (χ1v) is 6.81. The lowest BCUT2D eigenvalue weighted by atomic mass is 9.97. The van der Waals surface area contributed by atoms with Crippen LogP contribution in [0.3, 0.4) is 0 Å². The molecule has 0 aromatic carbocycles. The monoisotopic (exact) mass is 256 g/mol. The molecule has 0 radical (unpaired) electrons. The van der Waals surface area contributed by atoms with Crippen molar-refractivity contribution in [2.24, 2.45) is 5.73 Å². The zero-order chi connectivity index (χ0) is 13.5. The molecule has 5 nitrogen and oxygen atoms in total. The van der Waals surface area contributed by atoms with E-state index in [2.05, 4.69) is 0 Å². The third-order valence-corrected chi connectivity index (χ3v) is 3.60. The molecule has 3 N–H and O–H groups in total. The summed E-state index contributed by atoms with van der Waals surface area (Å²) >= 11 is 0. The molecule has 1 fully saturated rings. The Balaban J connectivity index is 2.52. The molecule has 1 aliphatic heterocycles. The first-order valence-electron chi connectivity index (χ1n) is 6.81. The second kappa shape index (κ2) is 7.36. The Morgan fingerprint density at radius 2 is 2.17 bits per heavy atom. The molecule has 1 heterocycles. The van der Waals surface area contributed by atoms with E-state index in [0.717, 1.165) is 32.2 Å². The standard InChI is InChI=1S/C13H24N2O3/c1-2-10(14)9-12(16)15-8-4-3-5-11(15)6-7-13(17)18/h10-11H,2-9,14H2,1H3,(H,17,18). The third-order valence-electron chi connectivity index (χ3n) is 3.60. The lowest BCUT2D eigenvalue weighted by Crippen LogP contribution is -2.45. The largest absolute Gasteiger partial charge is 0.481 e. The van der Waals surface area contributed by atoms with Crippen molar-refractivity contribution in [2.45, 2.75) is 64.0 Å². The number of nitrogens with zero attached hydrogens (tertiary/aromatic N) is 1. The van der Waals surface area contributed by atoms with E-state index in [1.165, 1.54) is 0 Å². The molecule has 0 aromatic rings. The number of hydrogen-bond donors (Lipinski definition) is 2. The van der Waals surface area contributed by atoms with Crippen LogP contribution < -0.4 is 5.73 Å². The number of aliphatic carboxylic acids is 1. The van der Waals surface area contributed by atoms with Crippen LogP contribution in [0.25, 0.3) is 0 Å². The number of carbonyl (C=O) groups is 2. The van der Waals surface area contributed by atoms with Crippen LogP contribution in [0.5, 0.6) is 0 Å². The van der Waals surface area contributed by atoms with Gasteiger partial charge in [-0.05, 0) is 32.1 Å². The second-order valence-corrected chi connectivity index (χ2v) is 5.04. The Labute approximate surface area is 108 Å². The maximum absolute atomic E-state index is 12.1. The minimum atomic E-state index is -0.793. The number of nitrogens with two attached hydrogens (primary N) is 1. The van der Waals surface area contributed by atoms with Crippen molar-refractivity contribution >= 4 is 11.9 Å². The topological polar surface area (TPSA) is 83.6 Å². The molecule has 0 aliphatic carbocycles. The molecule has 0 saturated carbocycles. The van der Waals surface area contributed by atoms with E-state index in [0.29, 0.717) is 12.8 Å². The summed E-state index contributed by atoms with van der Waals surface area (Å²) in [5, 5.41) is 8.73. The van der Waals surface area contributed by atoms with Crippen LogP contribution in [0.1, 0.15) is 51.9 Å². The first kappa shape index (κ1) is 15.0. The average molecular weight is 256 g/mol. The van der Waals surface area contributed by atoms with Gasteiger partial charge in [-0.2, -0.15) is 0 Å². The molecule has 1 aliphatic rings. The van der Waals surface area contributed by atoms with Crippen LogP contribution in [0.2, 0.25) is 0 Å². The van der Waals surface area contributed by atoms with Gasteiger partial charge in [0.1, 0.15) is 0 Å². The average Bonchev–Trinajstić information content (AvgIpc) is 2.36. The number of amides is 1. The summed E-state index contributed by atoms with van der Waals surface area (Å²) in [6.07, 6.45) is 4.86. The smallest absolute Gasteiger partial charge is 0.303 e. The van der Waals surface area contributed by atoms with Gasteiger partial charge in [-0.25, -0.2) is 0 Å². The van der Waals surface area contributed by atoms with Crippen molar-refractivity contribution in [1.29, 1.82) is 0 Å². The van der Waals surface area contributed by atoms with Crippen LogP contribution in [-0.4, -0.2) is 40.5 Å². The van der Waals surface area contributed by atoms with Gasteiger partial charge in [0.15, 0.2) is 0 Å². The molecular formula is C13H24N2O3. The van der Waals surface area contributed by atoms with Gasteiger partial charge in [0, 0.05) is 31.5 Å². The maximum atomic E-state index is 12.1. The predicted octanol–water partition coefficient (Wildman–Crippen LogP) is 1.36. The highest BCUT2D eigenvalue weighted by atomic mass is 16.4. The van der Waals surface area contributed by atoms with Crippen molar-refractivity contribution < 1.29 is 14.7 Å². The Kier molecular flexibility index (Phi) is 6.12. The number of likely N-dealkylation sites (tertiary alicyclic amines) is 1. The Morgan fingerprint density at radius 1 is 1.44 bits per heavy atom. The maximum Gasteiger partial charge on any atom is 0.303 e. The van der Waals surface area contributed by atoms with E-state index in [4.69, 9.17) is 10.8 Å². The summed E-state index contributed by atoms with van der Waals surface area (Å²) in [6.45, 7) is 2.72. The molecule has 104 valence electrons.